The fourth-order valence-corrected chi connectivity index (χ4v) is 5.22. The number of para-hydroxylation sites is 1. The van der Waals surface area contributed by atoms with E-state index < -0.39 is 5.92 Å². The Balaban J connectivity index is 1.56. The fraction of sp³-hybridized carbons (Fsp3) is 0.208. The summed E-state index contributed by atoms with van der Waals surface area (Å²) in [7, 11) is 0. The maximum Gasteiger partial charge on any atom is 0.256 e. The van der Waals surface area contributed by atoms with Gasteiger partial charge in [0.15, 0.2) is 10.9 Å². The number of dihydropyridines is 1. The van der Waals surface area contributed by atoms with Gasteiger partial charge >= 0.3 is 0 Å². The predicted octanol–water partition coefficient (Wildman–Crippen LogP) is 5.04. The SMILES string of the molecule is CC1=C(C(=O)Nc2nc3ccccc3s2)[C@H](c2ccc(F)cc2)C2=C(CCCC2=O)N1. The molecule has 0 unspecified atom stereocenters. The van der Waals surface area contributed by atoms with E-state index in [1.165, 1.54) is 23.5 Å². The first-order valence-corrected chi connectivity index (χ1v) is 11.0. The highest BCUT2D eigenvalue weighted by atomic mass is 32.1. The lowest BCUT2D eigenvalue weighted by Crippen LogP contribution is -2.35. The highest BCUT2D eigenvalue weighted by Crippen LogP contribution is 2.42. The number of hydrogen-bond acceptors (Lipinski definition) is 5. The van der Waals surface area contributed by atoms with Gasteiger partial charge in [0.2, 0.25) is 0 Å². The maximum atomic E-state index is 13.6. The lowest BCUT2D eigenvalue weighted by atomic mass is 9.75. The van der Waals surface area contributed by atoms with Gasteiger partial charge in [0.1, 0.15) is 5.82 Å². The molecule has 2 N–H and O–H groups in total. The zero-order valence-corrected chi connectivity index (χ0v) is 17.7. The van der Waals surface area contributed by atoms with Crippen LogP contribution in [0, 0.1) is 5.82 Å². The number of anilines is 1. The Hall–Kier alpha value is -3.32. The van der Waals surface area contributed by atoms with Crippen LogP contribution in [0.1, 0.15) is 37.7 Å². The van der Waals surface area contributed by atoms with Crippen LogP contribution in [0.15, 0.2) is 71.1 Å². The monoisotopic (exact) mass is 433 g/mol. The zero-order valence-electron chi connectivity index (χ0n) is 16.9. The van der Waals surface area contributed by atoms with Gasteiger partial charge in [-0.1, -0.05) is 35.6 Å². The number of halogens is 1. The molecule has 1 aliphatic heterocycles. The number of benzene rings is 2. The van der Waals surface area contributed by atoms with Crippen molar-refractivity contribution < 1.29 is 14.0 Å². The Morgan fingerprint density at radius 2 is 1.94 bits per heavy atom. The summed E-state index contributed by atoms with van der Waals surface area (Å²) in [6.45, 7) is 1.84. The number of allylic oxidation sites excluding steroid dienone is 3. The van der Waals surface area contributed by atoms with Gasteiger partial charge in [-0.05, 0) is 49.6 Å². The van der Waals surface area contributed by atoms with Gasteiger partial charge in [0, 0.05) is 34.9 Å². The number of carbonyl (C=O) groups is 2. The third kappa shape index (κ3) is 3.55. The summed E-state index contributed by atoms with van der Waals surface area (Å²) in [6, 6.07) is 13.7. The molecule has 1 aromatic heterocycles. The van der Waals surface area contributed by atoms with Crippen LogP contribution in [-0.2, 0) is 9.59 Å². The number of Topliss-reactive ketones (excluding diaryl/α,β-unsaturated/α-hetero) is 1. The van der Waals surface area contributed by atoms with Crippen LogP contribution in [0.2, 0.25) is 0 Å². The first-order valence-electron chi connectivity index (χ1n) is 10.2. The van der Waals surface area contributed by atoms with Crippen LogP contribution in [0.3, 0.4) is 0 Å². The molecule has 156 valence electrons. The Morgan fingerprint density at radius 3 is 2.71 bits per heavy atom. The topological polar surface area (TPSA) is 71.1 Å². The number of hydrogen-bond donors (Lipinski definition) is 2. The second-order valence-corrected chi connectivity index (χ2v) is 8.79. The molecule has 1 amide bonds. The van der Waals surface area contributed by atoms with E-state index in [0.29, 0.717) is 28.4 Å². The van der Waals surface area contributed by atoms with E-state index in [1.54, 1.807) is 12.1 Å². The number of carbonyl (C=O) groups excluding carboxylic acids is 2. The highest BCUT2D eigenvalue weighted by Gasteiger charge is 2.38. The number of nitrogens with zero attached hydrogens (tertiary/aromatic N) is 1. The zero-order chi connectivity index (χ0) is 21.5. The van der Waals surface area contributed by atoms with Crippen LogP contribution >= 0.6 is 11.3 Å². The van der Waals surface area contributed by atoms with Crippen molar-refractivity contribution in [2.75, 3.05) is 5.32 Å². The average Bonchev–Trinajstić information content (AvgIpc) is 3.15. The number of nitrogens with one attached hydrogen (secondary N) is 2. The second-order valence-electron chi connectivity index (χ2n) is 7.76. The summed E-state index contributed by atoms with van der Waals surface area (Å²) in [4.78, 5) is 30.8. The maximum absolute atomic E-state index is 13.6. The van der Waals surface area contributed by atoms with Crippen molar-refractivity contribution in [2.24, 2.45) is 0 Å². The molecule has 1 aliphatic carbocycles. The molecule has 2 heterocycles. The summed E-state index contributed by atoms with van der Waals surface area (Å²) >= 11 is 1.40. The van der Waals surface area contributed by atoms with Crippen LogP contribution in [0.5, 0.6) is 0 Å². The van der Waals surface area contributed by atoms with E-state index in [0.717, 1.165) is 34.3 Å². The third-order valence-electron chi connectivity index (χ3n) is 5.74. The van der Waals surface area contributed by atoms with E-state index in [2.05, 4.69) is 15.6 Å². The Morgan fingerprint density at radius 1 is 1.16 bits per heavy atom. The highest BCUT2D eigenvalue weighted by molar-refractivity contribution is 7.22. The van der Waals surface area contributed by atoms with Crippen molar-refractivity contribution in [3.8, 4) is 0 Å². The Kier molecular flexibility index (Phi) is 4.90. The molecule has 1 atom stereocenters. The quantitative estimate of drug-likeness (QED) is 0.607. The number of aromatic nitrogens is 1. The molecule has 0 spiro atoms. The molecule has 0 saturated carbocycles. The average molecular weight is 434 g/mol. The molecule has 0 fully saturated rings. The van der Waals surface area contributed by atoms with Crippen LogP contribution in [0.4, 0.5) is 9.52 Å². The second kappa shape index (κ2) is 7.74. The normalized spacial score (nSPS) is 18.8. The van der Waals surface area contributed by atoms with Gasteiger partial charge in [-0.25, -0.2) is 9.37 Å². The first-order chi connectivity index (χ1) is 15.0. The van der Waals surface area contributed by atoms with Gasteiger partial charge in [0.25, 0.3) is 5.91 Å². The molecule has 0 saturated heterocycles. The summed E-state index contributed by atoms with van der Waals surface area (Å²) in [5.41, 5.74) is 4.16. The summed E-state index contributed by atoms with van der Waals surface area (Å²) < 4.78 is 14.6. The lowest BCUT2D eigenvalue weighted by molar-refractivity contribution is -0.116. The van der Waals surface area contributed by atoms with E-state index in [4.69, 9.17) is 0 Å². The van der Waals surface area contributed by atoms with E-state index in [9.17, 15) is 14.0 Å². The van der Waals surface area contributed by atoms with Crippen molar-refractivity contribution in [1.29, 1.82) is 0 Å². The smallest absolute Gasteiger partial charge is 0.256 e. The van der Waals surface area contributed by atoms with Crippen molar-refractivity contribution in [2.45, 2.75) is 32.1 Å². The molecule has 2 aliphatic rings. The summed E-state index contributed by atoms with van der Waals surface area (Å²) in [5, 5.41) is 6.70. The molecule has 3 aromatic rings. The molecular formula is C24H20FN3O2S. The standard InChI is InChI=1S/C24H20FN3O2S/c1-13-20(23(30)28-24-27-16-5-2-3-8-19(16)31-24)21(14-9-11-15(25)12-10-14)22-17(26-13)6-4-7-18(22)29/h2-3,5,8-12,21,26H,4,6-7H2,1H3,(H,27,28,30)/t21-/m0/s1. The molecule has 31 heavy (non-hydrogen) atoms. The first kappa shape index (κ1) is 19.6. The van der Waals surface area contributed by atoms with Crippen molar-refractivity contribution in [1.82, 2.24) is 10.3 Å². The van der Waals surface area contributed by atoms with Gasteiger partial charge in [-0.2, -0.15) is 0 Å². The van der Waals surface area contributed by atoms with E-state index in [1.807, 2.05) is 31.2 Å². The molecular weight excluding hydrogens is 413 g/mol. The lowest BCUT2D eigenvalue weighted by Gasteiger charge is -2.34. The summed E-state index contributed by atoms with van der Waals surface area (Å²) in [5.74, 6) is -1.19. The number of ketones is 1. The molecule has 0 bridgehead atoms. The van der Waals surface area contributed by atoms with E-state index >= 15 is 0 Å². The third-order valence-corrected chi connectivity index (χ3v) is 6.69. The van der Waals surface area contributed by atoms with Gasteiger partial charge < -0.3 is 5.32 Å². The minimum atomic E-state index is -0.543. The van der Waals surface area contributed by atoms with Gasteiger partial charge in [-0.3, -0.25) is 14.9 Å². The molecule has 5 rings (SSSR count). The number of thiazole rings is 1. The van der Waals surface area contributed by atoms with E-state index in [-0.39, 0.29) is 17.5 Å². The largest absolute Gasteiger partial charge is 0.362 e. The number of fused-ring (bicyclic) bond motifs is 1. The van der Waals surface area contributed by atoms with Crippen LogP contribution in [0.25, 0.3) is 10.2 Å². The van der Waals surface area contributed by atoms with Gasteiger partial charge in [-0.15, -0.1) is 0 Å². The van der Waals surface area contributed by atoms with Gasteiger partial charge in [0.05, 0.1) is 10.2 Å². The summed E-state index contributed by atoms with van der Waals surface area (Å²) in [6.07, 6.45) is 1.98. The van der Waals surface area contributed by atoms with Crippen molar-refractivity contribution >= 4 is 38.4 Å². The number of rotatable bonds is 3. The Labute approximate surface area is 182 Å². The predicted molar refractivity (Wildman–Crippen MR) is 119 cm³/mol. The van der Waals surface area contributed by atoms with Crippen LogP contribution < -0.4 is 10.6 Å². The fourth-order valence-electron chi connectivity index (χ4n) is 4.36. The molecule has 7 heteroatoms. The van der Waals surface area contributed by atoms with Crippen LogP contribution in [-0.4, -0.2) is 16.7 Å². The number of amides is 1. The Bertz CT molecular complexity index is 1240. The van der Waals surface area contributed by atoms with Crippen molar-refractivity contribution in [3.05, 3.63) is 82.5 Å². The molecule has 0 radical (unpaired) electrons. The minimum Gasteiger partial charge on any atom is -0.362 e. The molecule has 5 nitrogen and oxygen atoms in total. The van der Waals surface area contributed by atoms with Crippen molar-refractivity contribution in [3.63, 3.8) is 0 Å². The molecule has 2 aromatic carbocycles. The minimum absolute atomic E-state index is 0.0286.